The number of carbonyl (C=O) groups is 2. The minimum Gasteiger partial charge on any atom is -0.397 e. The van der Waals surface area contributed by atoms with Crippen molar-refractivity contribution in [2.75, 3.05) is 6.54 Å². The molecule has 5 nitrogen and oxygen atoms in total. The number of nitrogens with one attached hydrogen (secondary N) is 2. The first-order chi connectivity index (χ1) is 10.7. The van der Waals surface area contributed by atoms with Crippen molar-refractivity contribution < 1.29 is 18.4 Å². The van der Waals surface area contributed by atoms with E-state index in [4.69, 9.17) is 45.9 Å². The second-order valence-corrected chi connectivity index (χ2v) is 5.42. The van der Waals surface area contributed by atoms with Crippen LogP contribution in [0.25, 0.3) is 0 Å². The highest BCUT2D eigenvalue weighted by molar-refractivity contribution is 6.42. The number of amides is 1. The fourth-order valence-electron chi connectivity index (χ4n) is 1.55. The van der Waals surface area contributed by atoms with E-state index in [1.165, 1.54) is 12.1 Å². The fraction of sp³-hybridized carbons (Fsp3) is 0.154. The van der Waals surface area contributed by atoms with Crippen molar-refractivity contribution in [2.45, 2.75) is 6.43 Å². The topological polar surface area (TPSA) is 96.0 Å². The third kappa shape index (κ3) is 4.89. The van der Waals surface area contributed by atoms with Crippen molar-refractivity contribution in [3.8, 4) is 0 Å². The largest absolute Gasteiger partial charge is 0.397 e. The number of benzene rings is 1. The van der Waals surface area contributed by atoms with Crippen LogP contribution in [0.15, 0.2) is 23.4 Å². The predicted molar refractivity (Wildman–Crippen MR) is 84.8 cm³/mol. The Bertz CT molecular complexity index is 670. The maximum Gasteiger partial charge on any atom is 0.278 e. The molecular weight excluding hydrogens is 375 g/mol. The lowest BCUT2D eigenvalue weighted by atomic mass is 10.1. The monoisotopic (exact) mass is 383 g/mol. The summed E-state index contributed by atoms with van der Waals surface area (Å²) in [7, 11) is 0. The van der Waals surface area contributed by atoms with E-state index in [0.29, 0.717) is 6.21 Å². The Kier molecular flexibility index (Phi) is 6.93. The van der Waals surface area contributed by atoms with E-state index in [-0.39, 0.29) is 20.6 Å². The molecule has 0 aliphatic heterocycles. The summed E-state index contributed by atoms with van der Waals surface area (Å²) in [5.74, 6) is -1.75. The lowest BCUT2D eigenvalue weighted by molar-refractivity contribution is -0.117. The van der Waals surface area contributed by atoms with Gasteiger partial charge in [0, 0.05) is 11.2 Å². The van der Waals surface area contributed by atoms with Crippen molar-refractivity contribution in [3.63, 3.8) is 0 Å². The molecule has 10 heteroatoms. The molecule has 124 valence electrons. The Labute approximate surface area is 144 Å². The van der Waals surface area contributed by atoms with E-state index >= 15 is 0 Å². The van der Waals surface area contributed by atoms with Crippen LogP contribution in [0.5, 0.6) is 0 Å². The van der Waals surface area contributed by atoms with Gasteiger partial charge in [0.2, 0.25) is 0 Å². The van der Waals surface area contributed by atoms with E-state index < -0.39 is 35.9 Å². The molecule has 0 fully saturated rings. The van der Waals surface area contributed by atoms with E-state index in [1.54, 1.807) is 0 Å². The van der Waals surface area contributed by atoms with Crippen molar-refractivity contribution in [3.05, 3.63) is 44.0 Å². The second-order valence-electron chi connectivity index (χ2n) is 4.16. The first kappa shape index (κ1) is 19.3. The summed E-state index contributed by atoms with van der Waals surface area (Å²) in [6, 6.07) is 2.59. The SMILES string of the molecule is N=C/C(C(=O)NCC(=O)c1c(Cl)cc(Cl)cc1Cl)=C(\N)C(F)F. The summed E-state index contributed by atoms with van der Waals surface area (Å²) in [6.07, 6.45) is -2.72. The molecule has 0 aliphatic rings. The van der Waals surface area contributed by atoms with Crippen LogP contribution in [0.1, 0.15) is 10.4 Å². The van der Waals surface area contributed by atoms with Crippen LogP contribution in [0.4, 0.5) is 8.78 Å². The molecule has 0 spiro atoms. The number of allylic oxidation sites excluding steroid dienone is 1. The number of carbonyl (C=O) groups excluding carboxylic acids is 2. The van der Waals surface area contributed by atoms with Crippen LogP contribution in [0.3, 0.4) is 0 Å². The number of Topliss-reactive ketones (excluding diaryl/α,β-unsaturated/α-hetero) is 1. The van der Waals surface area contributed by atoms with Gasteiger partial charge in [0.15, 0.2) is 5.78 Å². The zero-order chi connectivity index (χ0) is 17.7. The first-order valence-electron chi connectivity index (χ1n) is 5.93. The molecule has 1 amide bonds. The van der Waals surface area contributed by atoms with E-state index in [9.17, 15) is 18.4 Å². The molecule has 0 aromatic heterocycles. The van der Waals surface area contributed by atoms with Crippen LogP contribution >= 0.6 is 34.8 Å². The highest BCUT2D eigenvalue weighted by Gasteiger charge is 2.20. The summed E-state index contributed by atoms with van der Waals surface area (Å²) in [6.45, 7) is -0.576. The Morgan fingerprint density at radius 3 is 2.22 bits per heavy atom. The summed E-state index contributed by atoms with van der Waals surface area (Å²) < 4.78 is 24.9. The van der Waals surface area contributed by atoms with Crippen molar-refractivity contribution >= 4 is 52.7 Å². The Hall–Kier alpha value is -1.70. The zero-order valence-corrected chi connectivity index (χ0v) is 13.6. The molecule has 1 aromatic carbocycles. The van der Waals surface area contributed by atoms with Gasteiger partial charge in [0.1, 0.15) is 0 Å². The molecule has 1 rings (SSSR count). The van der Waals surface area contributed by atoms with Gasteiger partial charge in [0.25, 0.3) is 12.3 Å². The summed E-state index contributed by atoms with van der Waals surface area (Å²) in [5, 5.41) is 9.22. The molecular formula is C13H10Cl3F2N3O2. The fourth-order valence-corrected chi connectivity index (χ4v) is 2.58. The maximum absolute atomic E-state index is 12.5. The minimum atomic E-state index is -3.10. The molecule has 0 saturated carbocycles. The normalized spacial score (nSPS) is 11.9. The Morgan fingerprint density at radius 2 is 1.78 bits per heavy atom. The molecule has 0 atom stereocenters. The van der Waals surface area contributed by atoms with Crippen molar-refractivity contribution in [1.29, 1.82) is 5.41 Å². The quantitative estimate of drug-likeness (QED) is 0.399. The average molecular weight is 385 g/mol. The highest BCUT2D eigenvalue weighted by atomic mass is 35.5. The number of alkyl halides is 2. The smallest absolute Gasteiger partial charge is 0.278 e. The van der Waals surface area contributed by atoms with Gasteiger partial charge in [-0.05, 0) is 12.1 Å². The van der Waals surface area contributed by atoms with Gasteiger partial charge in [0.05, 0.1) is 33.4 Å². The van der Waals surface area contributed by atoms with Crippen LogP contribution in [0, 0.1) is 5.41 Å². The van der Waals surface area contributed by atoms with Crippen LogP contribution < -0.4 is 11.1 Å². The minimum absolute atomic E-state index is 0.0170. The van der Waals surface area contributed by atoms with E-state index in [0.717, 1.165) is 0 Å². The molecule has 0 saturated heterocycles. The molecule has 0 heterocycles. The second kappa shape index (κ2) is 8.24. The molecule has 0 bridgehead atoms. The number of rotatable bonds is 6. The number of hydrogen-bond acceptors (Lipinski definition) is 4. The molecule has 0 radical (unpaired) electrons. The number of hydrogen-bond donors (Lipinski definition) is 3. The molecule has 1 aromatic rings. The highest BCUT2D eigenvalue weighted by Crippen LogP contribution is 2.29. The van der Waals surface area contributed by atoms with Gasteiger partial charge < -0.3 is 16.5 Å². The van der Waals surface area contributed by atoms with Crippen molar-refractivity contribution in [1.82, 2.24) is 5.32 Å². The van der Waals surface area contributed by atoms with E-state index in [1.807, 2.05) is 0 Å². The lowest BCUT2D eigenvalue weighted by Gasteiger charge is -2.10. The third-order valence-corrected chi connectivity index (χ3v) is 3.44. The molecule has 23 heavy (non-hydrogen) atoms. The average Bonchev–Trinajstić information content (AvgIpc) is 2.44. The maximum atomic E-state index is 12.5. The van der Waals surface area contributed by atoms with Gasteiger partial charge in [-0.25, -0.2) is 8.78 Å². The Morgan fingerprint density at radius 1 is 1.26 bits per heavy atom. The van der Waals surface area contributed by atoms with Crippen molar-refractivity contribution in [2.24, 2.45) is 5.73 Å². The standard InChI is InChI=1S/C13H10Cl3F2N3O2/c14-5-1-7(15)10(8(16)2-5)9(22)4-21-13(23)6(3-19)11(20)12(17)18/h1-3,12,19H,4,20H2,(H,21,23)/b11-6+,19-3?. The number of halogens is 5. The zero-order valence-electron chi connectivity index (χ0n) is 11.3. The van der Waals surface area contributed by atoms with Crippen LogP contribution in [-0.2, 0) is 4.79 Å². The van der Waals surface area contributed by atoms with Crippen LogP contribution in [0.2, 0.25) is 15.1 Å². The predicted octanol–water partition coefficient (Wildman–Crippen LogP) is 3.07. The van der Waals surface area contributed by atoms with E-state index in [2.05, 4.69) is 5.32 Å². The third-order valence-electron chi connectivity index (χ3n) is 2.63. The number of nitrogens with two attached hydrogens (primary N) is 1. The molecule has 0 unspecified atom stereocenters. The van der Waals surface area contributed by atoms with Gasteiger partial charge in [-0.15, -0.1) is 0 Å². The first-order valence-corrected chi connectivity index (χ1v) is 7.06. The molecule has 0 aliphatic carbocycles. The number of ketones is 1. The summed E-state index contributed by atoms with van der Waals surface area (Å²) >= 11 is 17.4. The van der Waals surface area contributed by atoms with Gasteiger partial charge >= 0.3 is 0 Å². The van der Waals surface area contributed by atoms with Crippen LogP contribution in [-0.4, -0.2) is 30.9 Å². The van der Waals surface area contributed by atoms with Gasteiger partial charge in [-0.2, -0.15) is 0 Å². The summed E-state index contributed by atoms with van der Waals surface area (Å²) in [4.78, 5) is 23.7. The summed E-state index contributed by atoms with van der Waals surface area (Å²) in [5.41, 5.74) is 3.16. The van der Waals surface area contributed by atoms with Gasteiger partial charge in [-0.1, -0.05) is 34.8 Å². The Balaban J connectivity index is 2.91. The molecule has 4 N–H and O–H groups in total. The van der Waals surface area contributed by atoms with Gasteiger partial charge in [-0.3, -0.25) is 9.59 Å². The lowest BCUT2D eigenvalue weighted by Crippen LogP contribution is -2.33.